The van der Waals surface area contributed by atoms with Crippen molar-refractivity contribution in [1.82, 2.24) is 15.1 Å². The van der Waals surface area contributed by atoms with E-state index in [4.69, 9.17) is 4.74 Å². The van der Waals surface area contributed by atoms with E-state index in [9.17, 15) is 4.79 Å². The highest BCUT2D eigenvalue weighted by molar-refractivity contribution is 5.84. The number of carbonyl (C=O) groups is 1. The van der Waals surface area contributed by atoms with E-state index in [0.29, 0.717) is 6.54 Å². The van der Waals surface area contributed by atoms with Crippen molar-refractivity contribution in [1.29, 1.82) is 0 Å². The number of aryl methyl sites for hydroxylation is 1. The lowest BCUT2D eigenvalue weighted by Gasteiger charge is -2.13. The molecule has 5 nitrogen and oxygen atoms in total. The van der Waals surface area contributed by atoms with Crippen LogP contribution in [0.1, 0.15) is 25.3 Å². The molecule has 1 saturated carbocycles. The molecule has 2 rings (SSSR count). The molecule has 0 bridgehead atoms. The van der Waals surface area contributed by atoms with E-state index in [0.717, 1.165) is 24.9 Å². The molecule has 1 fully saturated rings. The Balaban J connectivity index is 1.90. The molecule has 1 N–H and O–H groups in total. The summed E-state index contributed by atoms with van der Waals surface area (Å²) in [5.74, 6) is -0.157. The van der Waals surface area contributed by atoms with Gasteiger partial charge in [-0.25, -0.2) is 0 Å². The second-order valence-electron chi connectivity index (χ2n) is 4.13. The molecule has 5 heteroatoms. The average Bonchev–Trinajstić information content (AvgIpc) is 2.97. The SMILES string of the molecule is CCn1cc(CNC2(C(=O)OC)CC2)cn1. The molecular weight excluding hydrogens is 206 g/mol. The van der Waals surface area contributed by atoms with Gasteiger partial charge >= 0.3 is 5.97 Å². The van der Waals surface area contributed by atoms with Crippen LogP contribution in [-0.2, 0) is 22.6 Å². The molecule has 0 amide bonds. The maximum absolute atomic E-state index is 11.5. The van der Waals surface area contributed by atoms with Crippen molar-refractivity contribution in [2.75, 3.05) is 7.11 Å². The lowest BCUT2D eigenvalue weighted by molar-refractivity contribution is -0.144. The number of ether oxygens (including phenoxy) is 1. The van der Waals surface area contributed by atoms with Crippen molar-refractivity contribution in [3.63, 3.8) is 0 Å². The van der Waals surface area contributed by atoms with Crippen LogP contribution in [0.4, 0.5) is 0 Å². The van der Waals surface area contributed by atoms with Gasteiger partial charge in [0.1, 0.15) is 5.54 Å². The topological polar surface area (TPSA) is 56.2 Å². The predicted octanol–water partition coefficient (Wildman–Crippen LogP) is 0.698. The first kappa shape index (κ1) is 11.1. The highest BCUT2D eigenvalue weighted by atomic mass is 16.5. The van der Waals surface area contributed by atoms with Crippen LogP contribution in [-0.4, -0.2) is 28.4 Å². The molecule has 1 heterocycles. The summed E-state index contributed by atoms with van der Waals surface area (Å²) in [5, 5.41) is 7.43. The number of esters is 1. The molecule has 1 aliphatic carbocycles. The molecular formula is C11H17N3O2. The summed E-state index contributed by atoms with van der Waals surface area (Å²) < 4.78 is 6.64. The zero-order valence-electron chi connectivity index (χ0n) is 9.69. The maximum atomic E-state index is 11.5. The van der Waals surface area contributed by atoms with Crippen LogP contribution >= 0.6 is 0 Å². The Labute approximate surface area is 94.8 Å². The minimum atomic E-state index is -0.428. The van der Waals surface area contributed by atoms with Crippen LogP contribution in [0.25, 0.3) is 0 Å². The minimum absolute atomic E-state index is 0.157. The molecule has 88 valence electrons. The van der Waals surface area contributed by atoms with Gasteiger partial charge < -0.3 is 4.74 Å². The minimum Gasteiger partial charge on any atom is -0.468 e. The largest absolute Gasteiger partial charge is 0.468 e. The molecule has 0 radical (unpaired) electrons. The highest BCUT2D eigenvalue weighted by Crippen LogP contribution is 2.36. The van der Waals surface area contributed by atoms with Gasteiger partial charge in [-0.15, -0.1) is 0 Å². The molecule has 0 atom stereocenters. The Bertz CT molecular complexity index is 382. The van der Waals surface area contributed by atoms with Gasteiger partial charge in [-0.1, -0.05) is 0 Å². The third-order valence-electron chi connectivity index (χ3n) is 2.97. The first-order valence-electron chi connectivity index (χ1n) is 5.55. The molecule has 0 spiro atoms. The van der Waals surface area contributed by atoms with Crippen molar-refractivity contribution in [2.24, 2.45) is 0 Å². The molecule has 0 saturated heterocycles. The molecule has 16 heavy (non-hydrogen) atoms. The number of hydrogen-bond donors (Lipinski definition) is 1. The Morgan fingerprint density at radius 2 is 2.44 bits per heavy atom. The smallest absolute Gasteiger partial charge is 0.326 e. The lowest BCUT2D eigenvalue weighted by atomic mass is 10.2. The first-order valence-corrected chi connectivity index (χ1v) is 5.55. The van der Waals surface area contributed by atoms with Crippen LogP contribution in [0.3, 0.4) is 0 Å². The first-order chi connectivity index (χ1) is 7.70. The fourth-order valence-electron chi connectivity index (χ4n) is 1.72. The van der Waals surface area contributed by atoms with Gasteiger partial charge in [0.05, 0.1) is 13.3 Å². The predicted molar refractivity (Wildman–Crippen MR) is 58.7 cm³/mol. The second-order valence-corrected chi connectivity index (χ2v) is 4.13. The third-order valence-corrected chi connectivity index (χ3v) is 2.97. The van der Waals surface area contributed by atoms with Gasteiger partial charge in [0.15, 0.2) is 0 Å². The molecule has 1 aromatic rings. The molecule has 1 aliphatic rings. The number of hydrogen-bond acceptors (Lipinski definition) is 4. The van der Waals surface area contributed by atoms with Crippen LogP contribution in [0.2, 0.25) is 0 Å². The van der Waals surface area contributed by atoms with Crippen molar-refractivity contribution in [3.8, 4) is 0 Å². The standard InChI is InChI=1S/C11H17N3O2/c1-3-14-8-9(7-13-14)6-12-11(4-5-11)10(15)16-2/h7-8,12H,3-6H2,1-2H3. The third kappa shape index (κ3) is 2.09. The summed E-state index contributed by atoms with van der Waals surface area (Å²) >= 11 is 0. The summed E-state index contributed by atoms with van der Waals surface area (Å²) in [7, 11) is 1.43. The van der Waals surface area contributed by atoms with Gasteiger partial charge in [-0.3, -0.25) is 14.8 Å². The van der Waals surface area contributed by atoms with Crippen molar-refractivity contribution < 1.29 is 9.53 Å². The molecule has 0 unspecified atom stereocenters. The number of aromatic nitrogens is 2. The summed E-state index contributed by atoms with van der Waals surface area (Å²) in [5.41, 5.74) is 0.667. The van der Waals surface area contributed by atoms with Crippen molar-refractivity contribution in [3.05, 3.63) is 18.0 Å². The fourth-order valence-corrected chi connectivity index (χ4v) is 1.72. The summed E-state index contributed by atoms with van der Waals surface area (Å²) in [6, 6.07) is 0. The molecule has 0 aliphatic heterocycles. The summed E-state index contributed by atoms with van der Waals surface area (Å²) in [4.78, 5) is 11.5. The van der Waals surface area contributed by atoms with Gasteiger partial charge in [0, 0.05) is 24.8 Å². The van der Waals surface area contributed by atoms with Crippen LogP contribution in [0.5, 0.6) is 0 Å². The Kier molecular flexibility index (Phi) is 2.96. The van der Waals surface area contributed by atoms with Crippen molar-refractivity contribution in [2.45, 2.75) is 38.4 Å². The van der Waals surface area contributed by atoms with Gasteiger partial charge in [0.25, 0.3) is 0 Å². The highest BCUT2D eigenvalue weighted by Gasteiger charge is 2.50. The normalized spacial score (nSPS) is 17.1. The van der Waals surface area contributed by atoms with Gasteiger partial charge in [-0.2, -0.15) is 5.10 Å². The van der Waals surface area contributed by atoms with E-state index in [1.165, 1.54) is 7.11 Å². The van der Waals surface area contributed by atoms with E-state index < -0.39 is 5.54 Å². The monoisotopic (exact) mass is 223 g/mol. The lowest BCUT2D eigenvalue weighted by Crippen LogP contribution is -2.39. The van der Waals surface area contributed by atoms with Gasteiger partial charge in [-0.05, 0) is 19.8 Å². The van der Waals surface area contributed by atoms with E-state index in [1.54, 1.807) is 0 Å². The Hall–Kier alpha value is -1.36. The van der Waals surface area contributed by atoms with Crippen LogP contribution < -0.4 is 5.32 Å². The maximum Gasteiger partial charge on any atom is 0.326 e. The van der Waals surface area contributed by atoms with E-state index in [1.807, 2.05) is 24.0 Å². The number of nitrogens with zero attached hydrogens (tertiary/aromatic N) is 2. The number of rotatable bonds is 5. The quantitative estimate of drug-likeness (QED) is 0.746. The van der Waals surface area contributed by atoms with E-state index in [2.05, 4.69) is 10.4 Å². The fraction of sp³-hybridized carbons (Fsp3) is 0.636. The van der Waals surface area contributed by atoms with Crippen LogP contribution in [0.15, 0.2) is 12.4 Å². The summed E-state index contributed by atoms with van der Waals surface area (Å²) in [6.07, 6.45) is 5.54. The molecule has 0 aromatic carbocycles. The Morgan fingerprint density at radius 3 is 2.94 bits per heavy atom. The number of methoxy groups -OCH3 is 1. The van der Waals surface area contributed by atoms with Crippen molar-refractivity contribution >= 4 is 5.97 Å². The zero-order chi connectivity index (χ0) is 11.6. The van der Waals surface area contributed by atoms with Crippen LogP contribution in [0, 0.1) is 0 Å². The second kappa shape index (κ2) is 4.25. The summed E-state index contributed by atoms with van der Waals surface area (Å²) in [6.45, 7) is 3.57. The number of nitrogens with one attached hydrogen (secondary N) is 1. The molecule has 1 aromatic heterocycles. The zero-order valence-corrected chi connectivity index (χ0v) is 9.69. The van der Waals surface area contributed by atoms with E-state index >= 15 is 0 Å². The Morgan fingerprint density at radius 1 is 1.69 bits per heavy atom. The van der Waals surface area contributed by atoms with E-state index in [-0.39, 0.29) is 5.97 Å². The number of carbonyl (C=O) groups excluding carboxylic acids is 1. The average molecular weight is 223 g/mol. The van der Waals surface area contributed by atoms with Gasteiger partial charge in [0.2, 0.25) is 0 Å².